The van der Waals surface area contributed by atoms with Gasteiger partial charge in [0.2, 0.25) is 0 Å². The molecule has 0 saturated heterocycles. The van der Waals surface area contributed by atoms with E-state index in [4.69, 9.17) is 4.74 Å². The van der Waals surface area contributed by atoms with E-state index in [-0.39, 0.29) is 12.5 Å². The second kappa shape index (κ2) is 6.87. The fourth-order valence-corrected chi connectivity index (χ4v) is 3.10. The summed E-state index contributed by atoms with van der Waals surface area (Å²) in [6.07, 6.45) is 0.840. The Hall–Kier alpha value is -2.62. The number of amides is 1. The number of ether oxygens (including phenoxy) is 1. The SMILES string of the molecule is Cc1cc(C)cc(C(=O)OCC(=O)N2CCc3ccccc3C2)c1. The molecule has 0 fully saturated rings. The molecule has 1 aliphatic heterocycles. The fraction of sp³-hybridized carbons (Fsp3) is 0.300. The zero-order valence-electron chi connectivity index (χ0n) is 14.0. The molecule has 1 aliphatic rings. The van der Waals surface area contributed by atoms with E-state index >= 15 is 0 Å². The van der Waals surface area contributed by atoms with Gasteiger partial charge >= 0.3 is 5.97 Å². The quantitative estimate of drug-likeness (QED) is 0.816. The molecule has 24 heavy (non-hydrogen) atoms. The maximum atomic E-state index is 12.3. The van der Waals surface area contributed by atoms with Crippen LogP contribution in [0.1, 0.15) is 32.6 Å². The van der Waals surface area contributed by atoms with Crippen molar-refractivity contribution in [2.24, 2.45) is 0 Å². The molecule has 0 saturated carbocycles. The lowest BCUT2D eigenvalue weighted by Crippen LogP contribution is -2.38. The Morgan fingerprint density at radius 3 is 2.42 bits per heavy atom. The number of nitrogens with zero attached hydrogens (tertiary/aromatic N) is 1. The van der Waals surface area contributed by atoms with Crippen LogP contribution < -0.4 is 0 Å². The highest BCUT2D eigenvalue weighted by Gasteiger charge is 2.21. The molecule has 0 atom stereocenters. The van der Waals surface area contributed by atoms with Gasteiger partial charge in [-0.2, -0.15) is 0 Å². The Morgan fingerprint density at radius 1 is 1.04 bits per heavy atom. The first-order valence-electron chi connectivity index (χ1n) is 8.13. The van der Waals surface area contributed by atoms with E-state index in [1.54, 1.807) is 17.0 Å². The van der Waals surface area contributed by atoms with Crippen molar-refractivity contribution >= 4 is 11.9 Å². The van der Waals surface area contributed by atoms with Crippen molar-refractivity contribution in [1.82, 2.24) is 4.90 Å². The van der Waals surface area contributed by atoms with Crippen molar-refractivity contribution in [2.75, 3.05) is 13.2 Å². The molecule has 1 heterocycles. The zero-order chi connectivity index (χ0) is 17.1. The summed E-state index contributed by atoms with van der Waals surface area (Å²) in [5.41, 5.74) is 4.94. The minimum absolute atomic E-state index is 0.151. The summed E-state index contributed by atoms with van der Waals surface area (Å²) in [5.74, 6) is -0.602. The van der Waals surface area contributed by atoms with Gasteiger partial charge in [0, 0.05) is 13.1 Å². The van der Waals surface area contributed by atoms with E-state index < -0.39 is 5.97 Å². The highest BCUT2D eigenvalue weighted by molar-refractivity contribution is 5.91. The highest BCUT2D eigenvalue weighted by atomic mass is 16.5. The second-order valence-corrected chi connectivity index (χ2v) is 6.29. The third kappa shape index (κ3) is 3.65. The van der Waals surface area contributed by atoms with Crippen molar-refractivity contribution in [1.29, 1.82) is 0 Å². The molecule has 0 N–H and O–H groups in total. The number of esters is 1. The Bertz CT molecular complexity index is 762. The predicted octanol–water partition coefficient (Wildman–Crippen LogP) is 3.05. The number of rotatable bonds is 3. The predicted molar refractivity (Wildman–Crippen MR) is 91.8 cm³/mol. The lowest BCUT2D eigenvalue weighted by atomic mass is 10.00. The number of benzene rings is 2. The van der Waals surface area contributed by atoms with Crippen molar-refractivity contribution in [3.63, 3.8) is 0 Å². The molecule has 0 radical (unpaired) electrons. The molecule has 0 aliphatic carbocycles. The van der Waals surface area contributed by atoms with Crippen LogP contribution in [-0.4, -0.2) is 29.9 Å². The topological polar surface area (TPSA) is 46.6 Å². The average Bonchev–Trinajstić information content (AvgIpc) is 2.58. The van der Waals surface area contributed by atoms with Crippen LogP contribution in [0.5, 0.6) is 0 Å². The first-order chi connectivity index (χ1) is 11.5. The minimum atomic E-state index is -0.451. The highest BCUT2D eigenvalue weighted by Crippen LogP contribution is 2.18. The molecule has 4 heteroatoms. The van der Waals surface area contributed by atoms with Crippen molar-refractivity contribution in [3.8, 4) is 0 Å². The summed E-state index contributed by atoms with van der Waals surface area (Å²) in [6, 6.07) is 13.7. The van der Waals surface area contributed by atoms with Crippen molar-refractivity contribution in [3.05, 3.63) is 70.3 Å². The van der Waals surface area contributed by atoms with Gasteiger partial charge in [-0.1, -0.05) is 41.5 Å². The van der Waals surface area contributed by atoms with Crippen LogP contribution in [0.4, 0.5) is 0 Å². The summed E-state index contributed by atoms with van der Waals surface area (Å²) in [4.78, 5) is 26.2. The van der Waals surface area contributed by atoms with Crippen LogP contribution in [0.15, 0.2) is 42.5 Å². The lowest BCUT2D eigenvalue weighted by Gasteiger charge is -2.28. The largest absolute Gasteiger partial charge is 0.452 e. The zero-order valence-corrected chi connectivity index (χ0v) is 14.0. The summed E-state index contributed by atoms with van der Waals surface area (Å²) in [6.45, 7) is 4.89. The Balaban J connectivity index is 1.59. The minimum Gasteiger partial charge on any atom is -0.452 e. The number of carbonyl (C=O) groups is 2. The van der Waals surface area contributed by atoms with Gasteiger partial charge in [-0.15, -0.1) is 0 Å². The molecule has 2 aromatic rings. The smallest absolute Gasteiger partial charge is 0.338 e. The average molecular weight is 323 g/mol. The first-order valence-corrected chi connectivity index (χ1v) is 8.13. The number of fused-ring (bicyclic) bond motifs is 1. The van der Waals surface area contributed by atoms with Gasteiger partial charge in [0.15, 0.2) is 6.61 Å². The molecule has 0 spiro atoms. The molecule has 4 nitrogen and oxygen atoms in total. The van der Waals surface area contributed by atoms with Gasteiger partial charge < -0.3 is 9.64 Å². The Morgan fingerprint density at radius 2 is 1.71 bits per heavy atom. The van der Waals surface area contributed by atoms with Crippen LogP contribution >= 0.6 is 0 Å². The van der Waals surface area contributed by atoms with Gasteiger partial charge in [-0.05, 0) is 43.5 Å². The molecule has 3 rings (SSSR count). The van der Waals surface area contributed by atoms with E-state index in [9.17, 15) is 9.59 Å². The monoisotopic (exact) mass is 323 g/mol. The van der Waals surface area contributed by atoms with Crippen LogP contribution in [0.3, 0.4) is 0 Å². The third-order valence-corrected chi connectivity index (χ3v) is 4.27. The molecule has 1 amide bonds. The van der Waals surface area contributed by atoms with Gasteiger partial charge in [-0.3, -0.25) is 4.79 Å². The standard InChI is InChI=1S/C20H21NO3/c1-14-9-15(2)11-18(10-14)20(23)24-13-19(22)21-8-7-16-5-3-4-6-17(16)12-21/h3-6,9-11H,7-8,12-13H2,1-2H3. The number of hydrogen-bond donors (Lipinski definition) is 0. The summed E-state index contributed by atoms with van der Waals surface area (Å²) >= 11 is 0. The van der Waals surface area contributed by atoms with E-state index in [0.717, 1.165) is 23.1 Å². The maximum absolute atomic E-state index is 12.3. The fourth-order valence-electron chi connectivity index (χ4n) is 3.10. The Kier molecular flexibility index (Phi) is 4.65. The van der Waals surface area contributed by atoms with Crippen LogP contribution in [-0.2, 0) is 22.5 Å². The molecule has 0 aromatic heterocycles. The van der Waals surface area contributed by atoms with Crippen LogP contribution in [0.2, 0.25) is 0 Å². The number of aryl methyl sites for hydroxylation is 2. The Labute approximate surface area is 142 Å². The normalized spacial score (nSPS) is 13.3. The molecule has 0 unspecified atom stereocenters. The first kappa shape index (κ1) is 16.2. The van der Waals surface area contributed by atoms with Gasteiger partial charge in [0.05, 0.1) is 5.56 Å². The number of carbonyl (C=O) groups excluding carboxylic acids is 2. The molecular weight excluding hydrogens is 302 g/mol. The van der Waals surface area contributed by atoms with E-state index in [1.807, 2.05) is 38.1 Å². The van der Waals surface area contributed by atoms with E-state index in [2.05, 4.69) is 6.07 Å². The summed E-state index contributed by atoms with van der Waals surface area (Å²) < 4.78 is 5.21. The van der Waals surface area contributed by atoms with E-state index in [0.29, 0.717) is 18.7 Å². The van der Waals surface area contributed by atoms with Gasteiger partial charge in [-0.25, -0.2) is 4.79 Å². The van der Waals surface area contributed by atoms with E-state index in [1.165, 1.54) is 5.56 Å². The number of hydrogen-bond acceptors (Lipinski definition) is 3. The molecular formula is C20H21NO3. The maximum Gasteiger partial charge on any atom is 0.338 e. The van der Waals surface area contributed by atoms with Gasteiger partial charge in [0.1, 0.15) is 0 Å². The third-order valence-electron chi connectivity index (χ3n) is 4.27. The summed E-state index contributed by atoms with van der Waals surface area (Å²) in [7, 11) is 0. The lowest BCUT2D eigenvalue weighted by molar-refractivity contribution is -0.135. The van der Waals surface area contributed by atoms with Crippen molar-refractivity contribution in [2.45, 2.75) is 26.8 Å². The second-order valence-electron chi connectivity index (χ2n) is 6.29. The van der Waals surface area contributed by atoms with Crippen LogP contribution in [0.25, 0.3) is 0 Å². The van der Waals surface area contributed by atoms with Crippen LogP contribution in [0, 0.1) is 13.8 Å². The van der Waals surface area contributed by atoms with Gasteiger partial charge in [0.25, 0.3) is 5.91 Å². The molecule has 0 bridgehead atoms. The van der Waals surface area contributed by atoms with Crippen molar-refractivity contribution < 1.29 is 14.3 Å². The summed E-state index contributed by atoms with van der Waals surface area (Å²) in [5, 5.41) is 0. The molecule has 124 valence electrons. The molecule has 2 aromatic carbocycles.